The van der Waals surface area contributed by atoms with Crippen LogP contribution in [0.5, 0.6) is 5.75 Å². The van der Waals surface area contributed by atoms with Gasteiger partial charge in [-0.2, -0.15) is 0 Å². The third-order valence-corrected chi connectivity index (χ3v) is 2.13. The maximum atomic E-state index is 11.8. The molecule has 1 aromatic carbocycles. The summed E-state index contributed by atoms with van der Waals surface area (Å²) in [5, 5.41) is 5.80. The molecule has 0 aromatic heterocycles. The Kier molecular flexibility index (Phi) is 5.49. The van der Waals surface area contributed by atoms with Gasteiger partial charge in [-0.25, -0.2) is 0 Å². The van der Waals surface area contributed by atoms with Crippen molar-refractivity contribution in [1.82, 2.24) is 10.6 Å². The molecule has 94 valence electrons. The van der Waals surface area contributed by atoms with Gasteiger partial charge in [-0.1, -0.05) is 6.07 Å². The van der Waals surface area contributed by atoms with E-state index in [0.29, 0.717) is 12.1 Å². The minimum Gasteiger partial charge on any atom is -0.491 e. The number of benzene rings is 1. The second-order valence-corrected chi connectivity index (χ2v) is 4.05. The molecule has 0 atom stereocenters. The van der Waals surface area contributed by atoms with Crippen LogP contribution in [0.25, 0.3) is 0 Å². The van der Waals surface area contributed by atoms with Crippen LogP contribution in [-0.2, 0) is 0 Å². The standard InChI is InChI=1S/C13H20N2O2/c1-10(2)17-12-6-4-5-11(9-12)13(16)15-8-7-14-3/h4-6,9-10,14H,7-8H2,1-3H3,(H,15,16). The fraction of sp³-hybridized carbons (Fsp3) is 0.462. The van der Waals surface area contributed by atoms with Crippen LogP contribution in [0.1, 0.15) is 24.2 Å². The smallest absolute Gasteiger partial charge is 0.251 e. The van der Waals surface area contributed by atoms with Crippen molar-refractivity contribution >= 4 is 5.91 Å². The van der Waals surface area contributed by atoms with Gasteiger partial charge < -0.3 is 15.4 Å². The lowest BCUT2D eigenvalue weighted by Crippen LogP contribution is -2.30. The first-order valence-electron chi connectivity index (χ1n) is 5.83. The second kappa shape index (κ2) is 6.91. The lowest BCUT2D eigenvalue weighted by molar-refractivity contribution is 0.0953. The fourth-order valence-electron chi connectivity index (χ4n) is 1.39. The number of amides is 1. The van der Waals surface area contributed by atoms with Crippen LogP contribution in [0, 0.1) is 0 Å². The van der Waals surface area contributed by atoms with Crippen molar-refractivity contribution in [2.75, 3.05) is 20.1 Å². The Morgan fingerprint density at radius 1 is 1.35 bits per heavy atom. The number of likely N-dealkylation sites (N-methyl/N-ethyl adjacent to an activating group) is 1. The number of ether oxygens (including phenoxy) is 1. The van der Waals surface area contributed by atoms with Crippen molar-refractivity contribution in [1.29, 1.82) is 0 Å². The Hall–Kier alpha value is -1.55. The molecule has 0 unspecified atom stereocenters. The van der Waals surface area contributed by atoms with Gasteiger partial charge in [0.15, 0.2) is 0 Å². The number of hydrogen-bond donors (Lipinski definition) is 2. The Bertz CT molecular complexity index is 364. The first kappa shape index (κ1) is 13.5. The van der Waals surface area contributed by atoms with Crippen LogP contribution in [0.2, 0.25) is 0 Å². The molecule has 4 heteroatoms. The summed E-state index contributed by atoms with van der Waals surface area (Å²) in [6.07, 6.45) is 0.109. The van der Waals surface area contributed by atoms with E-state index in [4.69, 9.17) is 4.74 Å². The molecule has 4 nitrogen and oxygen atoms in total. The Morgan fingerprint density at radius 2 is 2.12 bits per heavy atom. The molecule has 0 fully saturated rings. The van der Waals surface area contributed by atoms with Gasteiger partial charge in [-0.05, 0) is 39.1 Å². The molecule has 0 bridgehead atoms. The quantitative estimate of drug-likeness (QED) is 0.734. The van der Waals surface area contributed by atoms with Crippen LogP contribution in [0.4, 0.5) is 0 Å². The Morgan fingerprint density at radius 3 is 2.76 bits per heavy atom. The Balaban J connectivity index is 2.60. The highest BCUT2D eigenvalue weighted by Gasteiger charge is 2.06. The molecule has 17 heavy (non-hydrogen) atoms. The first-order valence-corrected chi connectivity index (χ1v) is 5.83. The summed E-state index contributed by atoms with van der Waals surface area (Å²) < 4.78 is 5.54. The molecule has 0 saturated heterocycles. The van der Waals surface area contributed by atoms with Crippen molar-refractivity contribution < 1.29 is 9.53 Å². The zero-order valence-electron chi connectivity index (χ0n) is 10.6. The van der Waals surface area contributed by atoms with Crippen molar-refractivity contribution in [3.8, 4) is 5.75 Å². The molecular formula is C13H20N2O2. The molecular weight excluding hydrogens is 216 g/mol. The van der Waals surface area contributed by atoms with Gasteiger partial charge in [-0.3, -0.25) is 4.79 Å². The SMILES string of the molecule is CNCCNC(=O)c1cccc(OC(C)C)c1. The predicted octanol–water partition coefficient (Wildman–Crippen LogP) is 1.42. The molecule has 0 heterocycles. The minimum absolute atomic E-state index is 0.0746. The maximum Gasteiger partial charge on any atom is 0.251 e. The number of carbonyl (C=O) groups excluding carboxylic acids is 1. The normalized spacial score (nSPS) is 10.4. The number of hydrogen-bond acceptors (Lipinski definition) is 3. The van der Waals surface area contributed by atoms with E-state index >= 15 is 0 Å². The van der Waals surface area contributed by atoms with E-state index < -0.39 is 0 Å². The van der Waals surface area contributed by atoms with Crippen LogP contribution >= 0.6 is 0 Å². The van der Waals surface area contributed by atoms with E-state index in [9.17, 15) is 4.79 Å². The lowest BCUT2D eigenvalue weighted by Gasteiger charge is -2.11. The molecule has 0 spiro atoms. The van der Waals surface area contributed by atoms with Crippen LogP contribution < -0.4 is 15.4 Å². The second-order valence-electron chi connectivity index (χ2n) is 4.05. The van der Waals surface area contributed by atoms with Gasteiger partial charge in [0.05, 0.1) is 6.10 Å². The Labute approximate surface area is 102 Å². The first-order chi connectivity index (χ1) is 8.13. The fourth-order valence-corrected chi connectivity index (χ4v) is 1.39. The van der Waals surface area contributed by atoms with Gasteiger partial charge in [0.25, 0.3) is 5.91 Å². The highest BCUT2D eigenvalue weighted by atomic mass is 16.5. The highest BCUT2D eigenvalue weighted by molar-refractivity contribution is 5.94. The zero-order chi connectivity index (χ0) is 12.7. The topological polar surface area (TPSA) is 50.4 Å². The van der Waals surface area contributed by atoms with Crippen LogP contribution in [0.15, 0.2) is 24.3 Å². The maximum absolute atomic E-state index is 11.8. The summed E-state index contributed by atoms with van der Waals surface area (Å²) in [4.78, 5) is 11.8. The highest BCUT2D eigenvalue weighted by Crippen LogP contribution is 2.14. The van der Waals surface area contributed by atoms with Gasteiger partial charge in [0, 0.05) is 18.7 Å². The molecule has 1 aromatic rings. The molecule has 0 aliphatic carbocycles. The van der Waals surface area contributed by atoms with E-state index in [0.717, 1.165) is 12.3 Å². The van der Waals surface area contributed by atoms with Crippen LogP contribution in [0.3, 0.4) is 0 Å². The minimum atomic E-state index is -0.0746. The summed E-state index contributed by atoms with van der Waals surface area (Å²) in [7, 11) is 1.85. The van der Waals surface area contributed by atoms with Crippen molar-refractivity contribution in [3.05, 3.63) is 29.8 Å². The predicted molar refractivity (Wildman–Crippen MR) is 68.5 cm³/mol. The summed E-state index contributed by atoms with van der Waals surface area (Å²) in [5.74, 6) is 0.649. The third kappa shape index (κ3) is 4.87. The molecule has 1 amide bonds. The van der Waals surface area contributed by atoms with Gasteiger partial charge in [-0.15, -0.1) is 0 Å². The summed E-state index contributed by atoms with van der Waals surface area (Å²) >= 11 is 0. The van der Waals surface area contributed by atoms with Gasteiger partial charge >= 0.3 is 0 Å². The van der Waals surface area contributed by atoms with Crippen molar-refractivity contribution in [3.63, 3.8) is 0 Å². The molecule has 2 N–H and O–H groups in total. The molecule has 0 radical (unpaired) electrons. The molecule has 1 rings (SSSR count). The van der Waals surface area contributed by atoms with E-state index in [1.54, 1.807) is 12.1 Å². The number of rotatable bonds is 6. The molecule has 0 aliphatic heterocycles. The van der Waals surface area contributed by atoms with E-state index in [2.05, 4.69) is 10.6 Å². The average molecular weight is 236 g/mol. The van der Waals surface area contributed by atoms with Crippen LogP contribution in [-0.4, -0.2) is 32.1 Å². The lowest BCUT2D eigenvalue weighted by atomic mass is 10.2. The summed E-state index contributed by atoms with van der Waals surface area (Å²) in [5.41, 5.74) is 0.624. The number of nitrogens with one attached hydrogen (secondary N) is 2. The third-order valence-electron chi connectivity index (χ3n) is 2.13. The van der Waals surface area contributed by atoms with E-state index in [1.165, 1.54) is 0 Å². The zero-order valence-corrected chi connectivity index (χ0v) is 10.6. The van der Waals surface area contributed by atoms with E-state index in [1.807, 2.05) is 33.0 Å². The number of carbonyl (C=O) groups is 1. The van der Waals surface area contributed by atoms with Crippen molar-refractivity contribution in [2.24, 2.45) is 0 Å². The summed E-state index contributed by atoms with van der Waals surface area (Å²) in [6, 6.07) is 7.21. The molecule has 0 aliphatic rings. The van der Waals surface area contributed by atoms with Gasteiger partial charge in [0.2, 0.25) is 0 Å². The molecule has 0 saturated carbocycles. The van der Waals surface area contributed by atoms with Crippen molar-refractivity contribution in [2.45, 2.75) is 20.0 Å². The monoisotopic (exact) mass is 236 g/mol. The summed E-state index contributed by atoms with van der Waals surface area (Å²) in [6.45, 7) is 5.29. The van der Waals surface area contributed by atoms with Gasteiger partial charge in [0.1, 0.15) is 5.75 Å². The largest absolute Gasteiger partial charge is 0.491 e. The average Bonchev–Trinajstić information content (AvgIpc) is 2.28. The van der Waals surface area contributed by atoms with E-state index in [-0.39, 0.29) is 12.0 Å².